The van der Waals surface area contributed by atoms with Crippen LogP contribution in [0.1, 0.15) is 40.5 Å². The van der Waals surface area contributed by atoms with Crippen LogP contribution in [0.2, 0.25) is 0 Å². The van der Waals surface area contributed by atoms with E-state index in [1.165, 1.54) is 6.92 Å². The van der Waals surface area contributed by atoms with E-state index >= 15 is 0 Å². The maximum atomic E-state index is 12.2. The molecule has 1 aromatic rings. The zero-order valence-electron chi connectivity index (χ0n) is 14.2. The van der Waals surface area contributed by atoms with Gasteiger partial charge in [0, 0.05) is 18.7 Å². The minimum Gasteiger partial charge on any atom is -0.457 e. The normalized spacial score (nSPS) is 13.8. The molecular weight excluding hydrogens is 338 g/mol. The van der Waals surface area contributed by atoms with Gasteiger partial charge in [0.2, 0.25) is 5.78 Å². The lowest BCUT2D eigenvalue weighted by molar-refractivity contribution is -0.147. The molecule has 8 nitrogen and oxygen atoms in total. The van der Waals surface area contributed by atoms with Crippen LogP contribution < -0.4 is 5.73 Å². The summed E-state index contributed by atoms with van der Waals surface area (Å²) in [6.45, 7) is 0.893. The minimum absolute atomic E-state index is 0.0548. The van der Waals surface area contributed by atoms with Crippen molar-refractivity contribution in [3.8, 4) is 6.07 Å². The molecule has 1 aliphatic rings. The second-order valence-corrected chi connectivity index (χ2v) is 5.66. The van der Waals surface area contributed by atoms with Crippen molar-refractivity contribution in [1.29, 1.82) is 5.26 Å². The quantitative estimate of drug-likeness (QED) is 0.333. The fourth-order valence-electron chi connectivity index (χ4n) is 2.48. The van der Waals surface area contributed by atoms with Crippen LogP contribution in [0.5, 0.6) is 0 Å². The van der Waals surface area contributed by atoms with Gasteiger partial charge in [0.25, 0.3) is 11.8 Å². The Morgan fingerprint density at radius 1 is 1.19 bits per heavy atom. The molecule has 0 unspecified atom stereocenters. The molecule has 1 aliphatic heterocycles. The lowest BCUT2D eigenvalue weighted by Crippen LogP contribution is -2.31. The molecule has 2 amide bonds. The first-order chi connectivity index (χ1) is 12.4. The molecule has 2 rings (SSSR count). The first-order valence-corrected chi connectivity index (χ1v) is 7.87. The number of nitrogens with two attached hydrogens (primary N) is 1. The Morgan fingerprint density at radius 3 is 2.27 bits per heavy atom. The van der Waals surface area contributed by atoms with Crippen molar-refractivity contribution in [2.45, 2.75) is 19.8 Å². The molecule has 0 spiro atoms. The lowest BCUT2D eigenvalue weighted by Gasteiger charge is -2.13. The zero-order valence-corrected chi connectivity index (χ0v) is 14.2. The van der Waals surface area contributed by atoms with Crippen LogP contribution in [0.15, 0.2) is 35.5 Å². The van der Waals surface area contributed by atoms with E-state index in [1.54, 1.807) is 30.3 Å². The van der Waals surface area contributed by atoms with Crippen molar-refractivity contribution in [2.24, 2.45) is 5.73 Å². The molecule has 2 N–H and O–H groups in total. The summed E-state index contributed by atoms with van der Waals surface area (Å²) in [5.74, 6) is -2.13. The maximum absolute atomic E-state index is 12.2. The van der Waals surface area contributed by atoms with Gasteiger partial charge in [0.15, 0.2) is 6.61 Å². The number of hydrogen-bond donors (Lipinski definition) is 1. The summed E-state index contributed by atoms with van der Waals surface area (Å²) >= 11 is 0. The number of imide groups is 1. The van der Waals surface area contributed by atoms with Gasteiger partial charge in [-0.15, -0.1) is 0 Å². The second kappa shape index (κ2) is 8.07. The fourth-order valence-corrected chi connectivity index (χ4v) is 2.48. The van der Waals surface area contributed by atoms with Crippen molar-refractivity contribution < 1.29 is 23.9 Å². The number of carbonyl (C=O) groups is 4. The predicted molar refractivity (Wildman–Crippen MR) is 89.5 cm³/mol. The number of amides is 2. The smallest absolute Gasteiger partial charge is 0.306 e. The highest BCUT2D eigenvalue weighted by Crippen LogP contribution is 2.22. The highest BCUT2D eigenvalue weighted by Gasteiger charge is 2.34. The number of benzene rings is 1. The van der Waals surface area contributed by atoms with Gasteiger partial charge in [-0.1, -0.05) is 12.1 Å². The van der Waals surface area contributed by atoms with Crippen LogP contribution in [0.3, 0.4) is 0 Å². The van der Waals surface area contributed by atoms with Crippen LogP contribution in [0.25, 0.3) is 0 Å². The van der Waals surface area contributed by atoms with Gasteiger partial charge in [-0.3, -0.25) is 24.1 Å². The van der Waals surface area contributed by atoms with Crippen LogP contribution >= 0.6 is 0 Å². The molecule has 0 aliphatic carbocycles. The summed E-state index contributed by atoms with van der Waals surface area (Å²) < 4.78 is 4.80. The average Bonchev–Trinajstić information content (AvgIpc) is 2.85. The summed E-state index contributed by atoms with van der Waals surface area (Å²) in [5.41, 5.74) is 5.89. The van der Waals surface area contributed by atoms with Crippen molar-refractivity contribution in [3.05, 3.63) is 46.7 Å². The molecule has 0 aromatic heterocycles. The molecule has 0 saturated heterocycles. The third kappa shape index (κ3) is 3.95. The summed E-state index contributed by atoms with van der Waals surface area (Å²) in [7, 11) is 0. The number of fused-ring (bicyclic) bond motifs is 1. The molecule has 1 heterocycles. The van der Waals surface area contributed by atoms with Gasteiger partial charge in [0.05, 0.1) is 11.1 Å². The van der Waals surface area contributed by atoms with Crippen molar-refractivity contribution >= 4 is 23.6 Å². The molecule has 0 saturated carbocycles. The molecule has 134 valence electrons. The summed E-state index contributed by atoms with van der Waals surface area (Å²) in [6.07, 6.45) is 0.128. The average molecular weight is 355 g/mol. The first-order valence-electron chi connectivity index (χ1n) is 7.87. The number of ketones is 1. The van der Waals surface area contributed by atoms with E-state index in [2.05, 4.69) is 0 Å². The van der Waals surface area contributed by atoms with E-state index in [9.17, 15) is 19.2 Å². The monoisotopic (exact) mass is 355 g/mol. The van der Waals surface area contributed by atoms with Crippen molar-refractivity contribution in [1.82, 2.24) is 4.90 Å². The largest absolute Gasteiger partial charge is 0.457 e. The Labute approximate surface area is 149 Å². The molecule has 8 heteroatoms. The van der Waals surface area contributed by atoms with Crippen LogP contribution in [0.4, 0.5) is 0 Å². The van der Waals surface area contributed by atoms with Gasteiger partial charge in [-0.25, -0.2) is 0 Å². The van der Waals surface area contributed by atoms with Gasteiger partial charge >= 0.3 is 5.97 Å². The Bertz CT molecular complexity index is 812. The third-order valence-electron chi connectivity index (χ3n) is 3.79. The second-order valence-electron chi connectivity index (χ2n) is 5.66. The number of ether oxygens (including phenoxy) is 1. The Balaban J connectivity index is 1.80. The number of nitriles is 1. The van der Waals surface area contributed by atoms with Crippen LogP contribution in [0, 0.1) is 11.3 Å². The topological polar surface area (TPSA) is 131 Å². The zero-order chi connectivity index (χ0) is 19.3. The van der Waals surface area contributed by atoms with Crippen molar-refractivity contribution in [2.75, 3.05) is 13.2 Å². The van der Waals surface area contributed by atoms with Gasteiger partial charge < -0.3 is 10.5 Å². The molecule has 0 fully saturated rings. The summed E-state index contributed by atoms with van der Waals surface area (Å²) in [4.78, 5) is 48.8. The number of rotatable bonds is 7. The van der Waals surface area contributed by atoms with Gasteiger partial charge in [-0.05, 0) is 25.5 Å². The van der Waals surface area contributed by atoms with Crippen molar-refractivity contribution in [3.63, 3.8) is 0 Å². The number of Topliss-reactive ketones (excluding diaryl/α,β-unsaturated/α-hetero) is 1. The van der Waals surface area contributed by atoms with E-state index < -0.39 is 30.2 Å². The first kappa shape index (κ1) is 18.9. The molecule has 0 radical (unpaired) electrons. The summed E-state index contributed by atoms with van der Waals surface area (Å²) in [6, 6.07) is 8.16. The Kier molecular flexibility index (Phi) is 5.86. The Morgan fingerprint density at radius 2 is 1.77 bits per heavy atom. The molecule has 1 aromatic carbocycles. The number of hydrogen-bond acceptors (Lipinski definition) is 7. The standard InChI is InChI=1S/C18H17N3O5/c1-11(20)14(9-19)15(22)10-26-16(23)7-4-8-21-17(24)12-5-2-3-6-13(12)18(21)25/h2-3,5-6H,4,7-8,10,20H2,1H3/b14-11-. The fraction of sp³-hybridized carbons (Fsp3) is 0.278. The SMILES string of the molecule is C/C(N)=C(\C#N)C(=O)COC(=O)CCCN1C(=O)c2ccccc2C1=O. The predicted octanol–water partition coefficient (Wildman–Crippen LogP) is 0.931. The highest BCUT2D eigenvalue weighted by atomic mass is 16.5. The van der Waals surface area contributed by atoms with E-state index in [4.69, 9.17) is 15.7 Å². The highest BCUT2D eigenvalue weighted by molar-refractivity contribution is 6.21. The van der Waals surface area contributed by atoms with E-state index in [0.717, 1.165) is 4.90 Å². The van der Waals surface area contributed by atoms with Crippen LogP contribution in [-0.4, -0.2) is 41.6 Å². The van der Waals surface area contributed by atoms with Crippen LogP contribution in [-0.2, 0) is 14.3 Å². The number of allylic oxidation sites excluding steroid dienone is 1. The van der Waals surface area contributed by atoms with E-state index in [1.807, 2.05) is 0 Å². The third-order valence-corrected chi connectivity index (χ3v) is 3.79. The number of nitrogens with zero attached hydrogens (tertiary/aromatic N) is 2. The molecule has 26 heavy (non-hydrogen) atoms. The van der Waals surface area contributed by atoms with Gasteiger partial charge in [-0.2, -0.15) is 5.26 Å². The molecule has 0 atom stereocenters. The maximum Gasteiger partial charge on any atom is 0.306 e. The molecule has 0 bridgehead atoms. The number of esters is 1. The van der Waals surface area contributed by atoms with Gasteiger partial charge in [0.1, 0.15) is 11.6 Å². The van der Waals surface area contributed by atoms with E-state index in [-0.39, 0.29) is 30.7 Å². The lowest BCUT2D eigenvalue weighted by atomic mass is 10.1. The molecular formula is C18H17N3O5. The minimum atomic E-state index is -0.679. The Hall–Kier alpha value is -3.47. The summed E-state index contributed by atoms with van der Waals surface area (Å²) in [5, 5.41) is 8.80. The van der Waals surface area contributed by atoms with E-state index in [0.29, 0.717) is 11.1 Å². The number of carbonyl (C=O) groups excluding carboxylic acids is 4.